The van der Waals surface area contributed by atoms with E-state index >= 15 is 0 Å². The van der Waals surface area contributed by atoms with Crippen molar-refractivity contribution >= 4 is 49.4 Å². The molecule has 6 nitrogen and oxygen atoms in total. The van der Waals surface area contributed by atoms with Crippen LogP contribution >= 0.6 is 15.9 Å². The summed E-state index contributed by atoms with van der Waals surface area (Å²) in [5.74, 6) is -1.27. The standard InChI is InChI=1S/C20H17BrN4O2/c21-11-5-6-13-14(9-24-17(13)7-11)18(8-22)25-20(27)19(26)15-10-23-16-4-2-1-3-12(15)16/h1-7,9-10,18,23-24H,8,22H2,(H,25,27). The van der Waals surface area contributed by atoms with E-state index in [0.29, 0.717) is 5.56 Å². The number of Topliss-reactive ketones (excluding diaryl/α,β-unsaturated/α-hetero) is 1. The number of ketones is 1. The normalized spacial score (nSPS) is 12.4. The highest BCUT2D eigenvalue weighted by Gasteiger charge is 2.24. The summed E-state index contributed by atoms with van der Waals surface area (Å²) in [6.45, 7) is 0.177. The Kier molecular flexibility index (Phi) is 4.55. The van der Waals surface area contributed by atoms with Gasteiger partial charge >= 0.3 is 0 Å². The van der Waals surface area contributed by atoms with Crippen LogP contribution in [0.4, 0.5) is 0 Å². The first-order chi connectivity index (χ1) is 13.1. The minimum absolute atomic E-state index is 0.177. The van der Waals surface area contributed by atoms with Crippen LogP contribution in [-0.4, -0.2) is 28.2 Å². The van der Waals surface area contributed by atoms with Gasteiger partial charge in [0.1, 0.15) is 0 Å². The van der Waals surface area contributed by atoms with Crippen molar-refractivity contribution in [3.8, 4) is 0 Å². The SMILES string of the molecule is NCC(NC(=O)C(=O)c1c[nH]c2ccccc12)c1c[nH]c2cc(Br)ccc12. The monoisotopic (exact) mass is 424 g/mol. The molecule has 1 amide bonds. The average Bonchev–Trinajstić information content (AvgIpc) is 3.29. The number of fused-ring (bicyclic) bond motifs is 2. The molecule has 0 aliphatic heterocycles. The van der Waals surface area contributed by atoms with Crippen molar-refractivity contribution in [2.75, 3.05) is 6.54 Å². The Labute approximate surface area is 163 Å². The Morgan fingerprint density at radius 2 is 1.81 bits per heavy atom. The summed E-state index contributed by atoms with van der Waals surface area (Å²) >= 11 is 3.43. The Bertz CT molecular complexity index is 1160. The minimum Gasteiger partial charge on any atom is -0.361 e. The van der Waals surface area contributed by atoms with Gasteiger partial charge in [0, 0.05) is 50.8 Å². The molecular weight excluding hydrogens is 408 g/mol. The highest BCUT2D eigenvalue weighted by Crippen LogP contribution is 2.26. The Hall–Kier alpha value is -2.90. The van der Waals surface area contributed by atoms with E-state index in [1.807, 2.05) is 48.7 Å². The zero-order valence-electron chi connectivity index (χ0n) is 14.3. The van der Waals surface area contributed by atoms with Gasteiger partial charge in [-0.25, -0.2) is 0 Å². The predicted octanol–water partition coefficient (Wildman–Crippen LogP) is 3.41. The van der Waals surface area contributed by atoms with E-state index in [1.54, 1.807) is 6.20 Å². The molecule has 1 atom stereocenters. The molecular formula is C20H17BrN4O2. The number of benzene rings is 2. The fraction of sp³-hybridized carbons (Fsp3) is 0.100. The van der Waals surface area contributed by atoms with Crippen LogP contribution in [-0.2, 0) is 4.79 Å². The molecule has 2 heterocycles. The van der Waals surface area contributed by atoms with Crippen molar-refractivity contribution < 1.29 is 9.59 Å². The van der Waals surface area contributed by atoms with Crippen LogP contribution in [0, 0.1) is 0 Å². The fourth-order valence-corrected chi connectivity index (χ4v) is 3.64. The number of rotatable bonds is 5. The van der Waals surface area contributed by atoms with Gasteiger partial charge < -0.3 is 21.0 Å². The fourth-order valence-electron chi connectivity index (χ4n) is 3.28. The van der Waals surface area contributed by atoms with E-state index in [2.05, 4.69) is 31.2 Å². The van der Waals surface area contributed by atoms with Gasteiger partial charge in [-0.05, 0) is 18.2 Å². The molecule has 4 aromatic rings. The van der Waals surface area contributed by atoms with Gasteiger partial charge in [0.05, 0.1) is 11.6 Å². The molecule has 0 saturated heterocycles. The zero-order valence-corrected chi connectivity index (χ0v) is 15.8. The van der Waals surface area contributed by atoms with Gasteiger partial charge in [0.15, 0.2) is 0 Å². The number of amides is 1. The number of halogens is 1. The first-order valence-corrected chi connectivity index (χ1v) is 9.25. The second kappa shape index (κ2) is 7.02. The predicted molar refractivity (Wildman–Crippen MR) is 109 cm³/mol. The maximum Gasteiger partial charge on any atom is 0.293 e. The first kappa shape index (κ1) is 17.5. The minimum atomic E-state index is -0.679. The van der Waals surface area contributed by atoms with Crippen molar-refractivity contribution in [1.29, 1.82) is 0 Å². The molecule has 27 heavy (non-hydrogen) atoms. The van der Waals surface area contributed by atoms with Crippen molar-refractivity contribution in [2.24, 2.45) is 5.73 Å². The molecule has 0 bridgehead atoms. The molecule has 7 heteroatoms. The number of aromatic amines is 2. The number of aromatic nitrogens is 2. The summed E-state index contributed by atoms with van der Waals surface area (Å²) in [6, 6.07) is 12.7. The number of nitrogens with one attached hydrogen (secondary N) is 3. The lowest BCUT2D eigenvalue weighted by Crippen LogP contribution is -2.37. The van der Waals surface area contributed by atoms with E-state index in [9.17, 15) is 9.59 Å². The maximum atomic E-state index is 12.7. The van der Waals surface area contributed by atoms with Crippen LogP contribution in [0.25, 0.3) is 21.8 Å². The third kappa shape index (κ3) is 3.15. The second-order valence-electron chi connectivity index (χ2n) is 6.27. The van der Waals surface area contributed by atoms with Crippen LogP contribution in [0.1, 0.15) is 22.0 Å². The van der Waals surface area contributed by atoms with Gasteiger partial charge in [-0.2, -0.15) is 0 Å². The number of hydrogen-bond donors (Lipinski definition) is 4. The Morgan fingerprint density at radius 1 is 1.04 bits per heavy atom. The summed E-state index contributed by atoms with van der Waals surface area (Å²) in [5.41, 5.74) is 8.82. The summed E-state index contributed by atoms with van der Waals surface area (Å²) in [6.07, 6.45) is 3.37. The smallest absolute Gasteiger partial charge is 0.293 e. The molecule has 0 saturated carbocycles. The molecule has 2 aromatic heterocycles. The third-order valence-corrected chi connectivity index (χ3v) is 5.13. The van der Waals surface area contributed by atoms with Crippen molar-refractivity contribution in [1.82, 2.24) is 15.3 Å². The number of nitrogens with two attached hydrogens (primary N) is 1. The number of carbonyl (C=O) groups is 2. The second-order valence-corrected chi connectivity index (χ2v) is 7.19. The Balaban J connectivity index is 1.61. The third-order valence-electron chi connectivity index (χ3n) is 4.63. The zero-order chi connectivity index (χ0) is 19.0. The lowest BCUT2D eigenvalue weighted by Gasteiger charge is -2.16. The summed E-state index contributed by atoms with van der Waals surface area (Å²) in [5, 5.41) is 4.44. The quantitative estimate of drug-likeness (QED) is 0.291. The van der Waals surface area contributed by atoms with Crippen LogP contribution < -0.4 is 11.1 Å². The number of para-hydroxylation sites is 1. The van der Waals surface area contributed by atoms with E-state index in [1.165, 1.54) is 0 Å². The summed E-state index contributed by atoms with van der Waals surface area (Å²) in [7, 11) is 0. The lowest BCUT2D eigenvalue weighted by molar-refractivity contribution is -0.117. The number of carbonyl (C=O) groups excluding carboxylic acids is 2. The van der Waals surface area contributed by atoms with E-state index < -0.39 is 17.7 Å². The highest BCUT2D eigenvalue weighted by molar-refractivity contribution is 9.10. The number of hydrogen-bond acceptors (Lipinski definition) is 3. The lowest BCUT2D eigenvalue weighted by atomic mass is 10.0. The molecule has 0 aliphatic carbocycles. The molecule has 0 radical (unpaired) electrons. The van der Waals surface area contributed by atoms with E-state index in [4.69, 9.17) is 5.73 Å². The van der Waals surface area contributed by atoms with Crippen LogP contribution in [0.2, 0.25) is 0 Å². The summed E-state index contributed by atoms with van der Waals surface area (Å²) < 4.78 is 0.950. The molecule has 1 unspecified atom stereocenters. The topological polar surface area (TPSA) is 104 Å². The van der Waals surface area contributed by atoms with Crippen LogP contribution in [0.15, 0.2) is 59.3 Å². The van der Waals surface area contributed by atoms with E-state index in [0.717, 1.165) is 31.8 Å². The van der Waals surface area contributed by atoms with Crippen LogP contribution in [0.3, 0.4) is 0 Å². The molecule has 136 valence electrons. The Morgan fingerprint density at radius 3 is 2.63 bits per heavy atom. The van der Waals surface area contributed by atoms with Crippen molar-refractivity contribution in [3.05, 3.63) is 70.5 Å². The molecule has 5 N–H and O–H groups in total. The van der Waals surface area contributed by atoms with Gasteiger partial charge in [-0.3, -0.25) is 9.59 Å². The molecule has 2 aromatic carbocycles. The van der Waals surface area contributed by atoms with E-state index in [-0.39, 0.29) is 6.54 Å². The average molecular weight is 425 g/mol. The van der Waals surface area contributed by atoms with Gasteiger partial charge in [0.25, 0.3) is 11.7 Å². The summed E-state index contributed by atoms with van der Waals surface area (Å²) in [4.78, 5) is 31.4. The van der Waals surface area contributed by atoms with Crippen molar-refractivity contribution in [2.45, 2.75) is 6.04 Å². The van der Waals surface area contributed by atoms with Crippen molar-refractivity contribution in [3.63, 3.8) is 0 Å². The largest absolute Gasteiger partial charge is 0.361 e. The van der Waals surface area contributed by atoms with Gasteiger partial charge in [-0.1, -0.05) is 40.2 Å². The molecule has 0 spiro atoms. The van der Waals surface area contributed by atoms with Gasteiger partial charge in [-0.15, -0.1) is 0 Å². The maximum absolute atomic E-state index is 12.7. The molecule has 4 rings (SSSR count). The molecule has 0 fully saturated rings. The van der Waals surface area contributed by atoms with Crippen LogP contribution in [0.5, 0.6) is 0 Å². The molecule has 0 aliphatic rings. The number of H-pyrrole nitrogens is 2. The van der Waals surface area contributed by atoms with Gasteiger partial charge in [0.2, 0.25) is 0 Å². The first-order valence-electron chi connectivity index (χ1n) is 8.46. The highest BCUT2D eigenvalue weighted by atomic mass is 79.9.